The molecule has 1 radical (unpaired) electrons. The molecule has 0 N–H and O–H groups in total. The lowest BCUT2D eigenvalue weighted by Gasteiger charge is -2.06. The van der Waals surface area contributed by atoms with Crippen LogP contribution in [0.2, 0.25) is 0 Å². The van der Waals surface area contributed by atoms with Crippen molar-refractivity contribution in [2.75, 3.05) is 0 Å². The van der Waals surface area contributed by atoms with E-state index in [1.54, 1.807) is 0 Å². The van der Waals surface area contributed by atoms with Crippen LogP contribution in [0.25, 0.3) is 0 Å². The van der Waals surface area contributed by atoms with E-state index >= 15 is 0 Å². The monoisotopic (exact) mass is 196 g/mol. The SMILES string of the molecule is Cc1ccc([N]c2ccccc2)c(C)c1. The lowest BCUT2D eigenvalue weighted by atomic mass is 10.1. The summed E-state index contributed by atoms with van der Waals surface area (Å²) in [4.78, 5) is 0. The van der Waals surface area contributed by atoms with Gasteiger partial charge in [-0.15, -0.1) is 0 Å². The van der Waals surface area contributed by atoms with E-state index in [9.17, 15) is 0 Å². The highest BCUT2D eigenvalue weighted by Gasteiger charge is 2.00. The fourth-order valence-electron chi connectivity index (χ4n) is 1.57. The van der Waals surface area contributed by atoms with Gasteiger partial charge in [-0.1, -0.05) is 35.9 Å². The third-order valence-electron chi connectivity index (χ3n) is 2.36. The molecule has 0 spiro atoms. The van der Waals surface area contributed by atoms with Crippen molar-refractivity contribution in [2.24, 2.45) is 0 Å². The van der Waals surface area contributed by atoms with E-state index < -0.39 is 0 Å². The minimum atomic E-state index is 1.00. The van der Waals surface area contributed by atoms with Gasteiger partial charge in [0.15, 0.2) is 0 Å². The lowest BCUT2D eigenvalue weighted by molar-refractivity contribution is 1.15. The topological polar surface area (TPSA) is 14.1 Å². The molecule has 0 atom stereocenters. The number of aryl methyl sites for hydroxylation is 2. The molecule has 2 aromatic carbocycles. The number of nitrogens with zero attached hydrogens (tertiary/aromatic N) is 1. The molecule has 0 aromatic heterocycles. The van der Waals surface area contributed by atoms with Gasteiger partial charge in [0.1, 0.15) is 0 Å². The van der Waals surface area contributed by atoms with E-state index in [1.807, 2.05) is 30.3 Å². The van der Waals surface area contributed by atoms with Crippen LogP contribution in [0.15, 0.2) is 48.5 Å². The molecule has 0 aliphatic carbocycles. The molecule has 0 fully saturated rings. The first-order valence-electron chi connectivity index (χ1n) is 5.10. The van der Waals surface area contributed by atoms with Crippen molar-refractivity contribution >= 4 is 11.4 Å². The van der Waals surface area contributed by atoms with E-state index in [-0.39, 0.29) is 0 Å². The number of rotatable bonds is 2. The van der Waals surface area contributed by atoms with Crippen LogP contribution < -0.4 is 5.32 Å². The summed E-state index contributed by atoms with van der Waals surface area (Å²) in [5, 5.41) is 4.58. The van der Waals surface area contributed by atoms with Crippen LogP contribution >= 0.6 is 0 Å². The molecule has 0 heterocycles. The van der Waals surface area contributed by atoms with E-state index in [2.05, 4.69) is 37.4 Å². The molecule has 0 saturated carbocycles. The fourth-order valence-corrected chi connectivity index (χ4v) is 1.57. The van der Waals surface area contributed by atoms with Crippen LogP contribution in [0, 0.1) is 13.8 Å². The molecule has 0 aliphatic rings. The van der Waals surface area contributed by atoms with Gasteiger partial charge in [-0.2, -0.15) is 0 Å². The molecule has 1 heteroatoms. The molecular formula is C14H14N. The van der Waals surface area contributed by atoms with Crippen molar-refractivity contribution in [1.29, 1.82) is 0 Å². The standard InChI is InChI=1S/C14H14N/c1-11-8-9-14(12(2)10-11)15-13-6-4-3-5-7-13/h3-10H,1-2H3. The Bertz CT molecular complexity index is 446. The number of hydrogen-bond acceptors (Lipinski definition) is 0. The highest BCUT2D eigenvalue weighted by atomic mass is 14.9. The van der Waals surface area contributed by atoms with Crippen molar-refractivity contribution in [1.82, 2.24) is 5.32 Å². The van der Waals surface area contributed by atoms with Crippen LogP contribution in [0.3, 0.4) is 0 Å². The second kappa shape index (κ2) is 4.18. The van der Waals surface area contributed by atoms with Crippen LogP contribution in [0.5, 0.6) is 0 Å². The Morgan fingerprint density at radius 1 is 0.867 bits per heavy atom. The Balaban J connectivity index is 2.25. The second-order valence-corrected chi connectivity index (χ2v) is 3.74. The first-order valence-corrected chi connectivity index (χ1v) is 5.10. The summed E-state index contributed by atoms with van der Waals surface area (Å²) in [6, 6.07) is 16.3. The normalized spacial score (nSPS) is 10.0. The van der Waals surface area contributed by atoms with Crippen LogP contribution in [-0.4, -0.2) is 0 Å². The molecule has 0 aliphatic heterocycles. The van der Waals surface area contributed by atoms with Crippen LogP contribution in [-0.2, 0) is 0 Å². The number of benzene rings is 2. The number of hydrogen-bond donors (Lipinski definition) is 0. The summed E-state index contributed by atoms with van der Waals surface area (Å²) < 4.78 is 0. The smallest absolute Gasteiger partial charge is 0.0666 e. The summed E-state index contributed by atoms with van der Waals surface area (Å²) in [7, 11) is 0. The van der Waals surface area contributed by atoms with Crippen LogP contribution in [0.1, 0.15) is 11.1 Å². The highest BCUT2D eigenvalue weighted by Crippen LogP contribution is 2.21. The van der Waals surface area contributed by atoms with Crippen molar-refractivity contribution in [3.8, 4) is 0 Å². The quantitative estimate of drug-likeness (QED) is 0.692. The van der Waals surface area contributed by atoms with Gasteiger partial charge in [0.25, 0.3) is 0 Å². The minimum absolute atomic E-state index is 1.00. The molecule has 2 aromatic rings. The maximum Gasteiger partial charge on any atom is 0.0666 e. The molecule has 0 unspecified atom stereocenters. The van der Waals surface area contributed by atoms with Gasteiger partial charge in [0, 0.05) is 0 Å². The van der Waals surface area contributed by atoms with Gasteiger partial charge in [0.05, 0.1) is 11.4 Å². The van der Waals surface area contributed by atoms with E-state index in [0.29, 0.717) is 0 Å². The van der Waals surface area contributed by atoms with Crippen LogP contribution in [0.4, 0.5) is 11.4 Å². The Labute approximate surface area is 90.8 Å². The van der Waals surface area contributed by atoms with E-state index in [4.69, 9.17) is 0 Å². The maximum atomic E-state index is 4.58. The molecule has 1 nitrogen and oxygen atoms in total. The van der Waals surface area contributed by atoms with E-state index in [0.717, 1.165) is 11.4 Å². The molecular weight excluding hydrogens is 182 g/mol. The van der Waals surface area contributed by atoms with Crippen molar-refractivity contribution < 1.29 is 0 Å². The summed E-state index contributed by atoms with van der Waals surface area (Å²) in [5.41, 5.74) is 4.55. The third kappa shape index (κ3) is 2.38. The zero-order valence-electron chi connectivity index (χ0n) is 9.07. The third-order valence-corrected chi connectivity index (χ3v) is 2.36. The zero-order chi connectivity index (χ0) is 10.7. The lowest BCUT2D eigenvalue weighted by Crippen LogP contribution is -1.91. The predicted octanol–water partition coefficient (Wildman–Crippen LogP) is 3.87. The average molecular weight is 196 g/mol. The van der Waals surface area contributed by atoms with Crippen molar-refractivity contribution in [2.45, 2.75) is 13.8 Å². The molecule has 0 amide bonds. The summed E-state index contributed by atoms with van der Waals surface area (Å²) in [5.74, 6) is 0. The molecule has 15 heavy (non-hydrogen) atoms. The van der Waals surface area contributed by atoms with Gasteiger partial charge >= 0.3 is 0 Å². The molecule has 2 rings (SSSR count). The minimum Gasteiger partial charge on any atom is -0.249 e. The van der Waals surface area contributed by atoms with Gasteiger partial charge in [-0.05, 0) is 37.6 Å². The van der Waals surface area contributed by atoms with Gasteiger partial charge in [0.2, 0.25) is 0 Å². The Morgan fingerprint density at radius 2 is 1.60 bits per heavy atom. The van der Waals surface area contributed by atoms with Crippen molar-refractivity contribution in [3.63, 3.8) is 0 Å². The Hall–Kier alpha value is -1.76. The molecule has 75 valence electrons. The summed E-state index contributed by atoms with van der Waals surface area (Å²) in [6.07, 6.45) is 0. The number of para-hydroxylation sites is 1. The first-order chi connectivity index (χ1) is 7.25. The largest absolute Gasteiger partial charge is 0.249 e. The molecule has 0 saturated heterocycles. The Kier molecular flexibility index (Phi) is 2.72. The second-order valence-electron chi connectivity index (χ2n) is 3.74. The van der Waals surface area contributed by atoms with Gasteiger partial charge < -0.3 is 0 Å². The summed E-state index contributed by atoms with van der Waals surface area (Å²) in [6.45, 7) is 4.19. The first kappa shape index (κ1) is 9.78. The van der Waals surface area contributed by atoms with Crippen molar-refractivity contribution in [3.05, 3.63) is 59.7 Å². The van der Waals surface area contributed by atoms with Gasteiger partial charge in [-0.25, -0.2) is 5.32 Å². The van der Waals surface area contributed by atoms with E-state index in [1.165, 1.54) is 11.1 Å². The summed E-state index contributed by atoms with van der Waals surface area (Å²) >= 11 is 0. The highest BCUT2D eigenvalue weighted by molar-refractivity contribution is 5.53. The fraction of sp³-hybridized carbons (Fsp3) is 0.143. The average Bonchev–Trinajstić information content (AvgIpc) is 2.24. The Morgan fingerprint density at radius 3 is 2.27 bits per heavy atom. The zero-order valence-corrected chi connectivity index (χ0v) is 9.07. The van der Waals surface area contributed by atoms with Gasteiger partial charge in [-0.3, -0.25) is 0 Å². The molecule has 0 bridgehead atoms. The maximum absolute atomic E-state index is 4.58. The predicted molar refractivity (Wildman–Crippen MR) is 63.8 cm³/mol.